The van der Waals surface area contributed by atoms with Crippen LogP contribution in [0.25, 0.3) is 26.6 Å². The molecule has 3 aromatic heterocycles. The predicted molar refractivity (Wildman–Crippen MR) is 272 cm³/mol. The first-order chi connectivity index (χ1) is 33.8. The smallest absolute Gasteiger partial charge is 0.306 e. The number of aliphatic carboxylic acids is 1. The van der Waals surface area contributed by atoms with Gasteiger partial charge in [0.2, 0.25) is 17.7 Å². The Morgan fingerprint density at radius 2 is 1.61 bits per heavy atom. The number of aliphatic imine (C=N–C) groups is 1. The number of nitrogens with one attached hydrogen (secondary N) is 2. The van der Waals surface area contributed by atoms with Gasteiger partial charge in [-0.05, 0) is 79.8 Å². The molecule has 0 unspecified atom stereocenters. The van der Waals surface area contributed by atoms with Crippen molar-refractivity contribution in [1.29, 1.82) is 0 Å². The number of aliphatic hydroxyl groups is 1. The molecule has 0 radical (unpaired) electrons. The van der Waals surface area contributed by atoms with Crippen LogP contribution in [0.4, 0.5) is 0 Å². The lowest BCUT2D eigenvalue weighted by Crippen LogP contribution is -2.59. The summed E-state index contributed by atoms with van der Waals surface area (Å²) >= 11 is 3.15. The molecular weight excluding hydrogens is 939 g/mol. The monoisotopic (exact) mass is 995 g/mol. The van der Waals surface area contributed by atoms with Gasteiger partial charge in [-0.1, -0.05) is 87.5 Å². The van der Waals surface area contributed by atoms with E-state index < -0.39 is 59.4 Å². The molecule has 71 heavy (non-hydrogen) atoms. The van der Waals surface area contributed by atoms with Crippen molar-refractivity contribution < 1.29 is 34.2 Å². The normalized spacial score (nSPS) is 18.5. The molecule has 5 atom stereocenters. The van der Waals surface area contributed by atoms with E-state index in [0.717, 1.165) is 59.4 Å². The first-order valence-corrected chi connectivity index (χ1v) is 25.4. The van der Waals surface area contributed by atoms with Crippen LogP contribution < -0.4 is 10.6 Å². The van der Waals surface area contributed by atoms with E-state index in [1.54, 1.807) is 22.7 Å². The van der Waals surface area contributed by atoms with Crippen LogP contribution in [0.15, 0.2) is 77.2 Å². The Morgan fingerprint density at radius 3 is 2.28 bits per heavy atom. The highest BCUT2D eigenvalue weighted by Gasteiger charge is 2.45. The number of carboxylic acid groups (broad SMARTS) is 1. The van der Waals surface area contributed by atoms with Crippen molar-refractivity contribution in [1.82, 2.24) is 40.2 Å². The number of aliphatic hydroxyl groups excluding tert-OH is 1. The number of amides is 4. The zero-order chi connectivity index (χ0) is 50.6. The maximum atomic E-state index is 14.5. The van der Waals surface area contributed by atoms with Crippen LogP contribution in [-0.2, 0) is 25.6 Å². The third kappa shape index (κ3) is 9.55. The molecule has 1 saturated heterocycles. The molecule has 9 rings (SSSR count). The van der Waals surface area contributed by atoms with Crippen molar-refractivity contribution in [2.75, 3.05) is 19.6 Å². The van der Waals surface area contributed by atoms with E-state index >= 15 is 0 Å². The second kappa shape index (κ2) is 19.4. The second-order valence-corrected chi connectivity index (χ2v) is 21.8. The van der Waals surface area contributed by atoms with Gasteiger partial charge < -0.3 is 30.6 Å². The Morgan fingerprint density at radius 1 is 0.901 bits per heavy atom. The molecule has 368 valence electrons. The van der Waals surface area contributed by atoms with Crippen LogP contribution in [0.5, 0.6) is 0 Å². The topological polar surface area (TPSA) is 212 Å². The molecule has 18 heteroatoms. The lowest BCUT2D eigenvalue weighted by Gasteiger charge is -2.36. The Balaban J connectivity index is 0.903. The minimum Gasteiger partial charge on any atom is -0.481 e. The number of hydrogen-bond acceptors (Lipinski definition) is 12. The van der Waals surface area contributed by atoms with Crippen molar-refractivity contribution in [3.05, 3.63) is 128 Å². The van der Waals surface area contributed by atoms with E-state index in [1.165, 1.54) is 9.80 Å². The number of likely N-dealkylation sites (tertiary alicyclic amines) is 1. The fraction of sp³-hybridized carbons (Fsp3) is 0.377. The molecule has 0 spiro atoms. The number of rotatable bonds is 12. The Labute approximate surface area is 419 Å². The Hall–Kier alpha value is -6.89. The van der Waals surface area contributed by atoms with E-state index in [-0.39, 0.29) is 38.4 Å². The molecule has 3 aliphatic rings. The minimum atomic E-state index is -1.07. The van der Waals surface area contributed by atoms with Crippen LogP contribution in [0.1, 0.15) is 113 Å². The van der Waals surface area contributed by atoms with Crippen LogP contribution in [-0.4, -0.2) is 113 Å². The molecule has 1 fully saturated rings. The fourth-order valence-corrected chi connectivity index (χ4v) is 11.9. The molecule has 0 aliphatic carbocycles. The molecule has 4 N–H and O–H groups in total. The number of thiazole rings is 1. The predicted octanol–water partition coefficient (Wildman–Crippen LogP) is 7.09. The van der Waals surface area contributed by atoms with Crippen LogP contribution in [0, 0.1) is 33.1 Å². The zero-order valence-corrected chi connectivity index (χ0v) is 42.6. The maximum absolute atomic E-state index is 14.5. The highest BCUT2D eigenvalue weighted by atomic mass is 32.1. The van der Waals surface area contributed by atoms with Gasteiger partial charge in [0.25, 0.3) is 5.91 Å². The number of carbonyl (C=O) groups is 5. The molecule has 0 bridgehead atoms. The molecule has 0 saturated carbocycles. The van der Waals surface area contributed by atoms with Gasteiger partial charge in [-0.25, -0.2) is 4.98 Å². The van der Waals surface area contributed by atoms with Crippen LogP contribution in [0.2, 0.25) is 0 Å². The molecule has 16 nitrogen and oxygen atoms in total. The summed E-state index contributed by atoms with van der Waals surface area (Å²) in [6.45, 7) is 15.1. The van der Waals surface area contributed by atoms with Gasteiger partial charge in [-0.2, -0.15) is 0 Å². The lowest BCUT2D eigenvalue weighted by atomic mass is 9.85. The van der Waals surface area contributed by atoms with Gasteiger partial charge in [-0.3, -0.25) is 33.5 Å². The molecule has 3 aliphatic heterocycles. The van der Waals surface area contributed by atoms with E-state index in [0.29, 0.717) is 34.9 Å². The van der Waals surface area contributed by atoms with E-state index in [2.05, 4.69) is 25.8 Å². The number of carboxylic acids is 1. The van der Waals surface area contributed by atoms with Crippen molar-refractivity contribution in [3.63, 3.8) is 0 Å². The highest BCUT2D eigenvalue weighted by molar-refractivity contribution is 7.15. The Kier molecular flexibility index (Phi) is 13.4. The van der Waals surface area contributed by atoms with Crippen molar-refractivity contribution >= 4 is 58.0 Å². The van der Waals surface area contributed by atoms with Crippen molar-refractivity contribution in [2.45, 2.75) is 105 Å². The number of aryl methyl sites for hydroxylation is 3. The number of thiophene rings is 1. The van der Waals surface area contributed by atoms with E-state index in [9.17, 15) is 34.2 Å². The van der Waals surface area contributed by atoms with Gasteiger partial charge in [-0.15, -0.1) is 32.9 Å². The number of benzene rings is 3. The van der Waals surface area contributed by atoms with Crippen molar-refractivity contribution in [2.24, 2.45) is 10.4 Å². The number of nitrogens with zero attached hydrogens (tertiary/aromatic N) is 7. The largest absolute Gasteiger partial charge is 0.481 e. The fourth-order valence-electron chi connectivity index (χ4n) is 9.86. The SMILES string of the molecule is Cc1ncsc1-c1ccc([C@H](C)NC(=O)[C@@H]2C[C@@H](O)CN2C(=O)[C@@H](NC(=O)CN2CCc3cccc(-c4ccc(C5=N[C@@H](CC(=O)O)c6nnc(C)n6-c6sc(C)c(C)c65)cc4)c3C2=O)C(C)(C)C)cc1. The van der Waals surface area contributed by atoms with Gasteiger partial charge in [0.05, 0.1) is 52.5 Å². The third-order valence-corrected chi connectivity index (χ3v) is 15.9. The number of β-amino-alcohol motifs (C(OH)–C–C–N with tert-alkyl or cyclic N) is 1. The first-order valence-electron chi connectivity index (χ1n) is 23.7. The van der Waals surface area contributed by atoms with E-state index in [1.807, 2.05) is 132 Å². The molecule has 6 heterocycles. The summed E-state index contributed by atoms with van der Waals surface area (Å²) < 4.78 is 1.91. The van der Waals surface area contributed by atoms with Crippen LogP contribution >= 0.6 is 22.7 Å². The molecular formula is C53H57N9O7S2. The average Bonchev–Trinajstić information content (AvgIpc) is 4.10. The number of hydrogen-bond donors (Lipinski definition) is 4. The minimum absolute atomic E-state index is 0.0483. The zero-order valence-electron chi connectivity index (χ0n) is 40.9. The van der Waals surface area contributed by atoms with Crippen molar-refractivity contribution in [3.8, 4) is 26.6 Å². The number of aromatic nitrogens is 4. The van der Waals surface area contributed by atoms with Gasteiger partial charge in [0, 0.05) is 35.5 Å². The quantitative estimate of drug-likeness (QED) is 0.0978. The highest BCUT2D eigenvalue weighted by Crippen LogP contribution is 2.40. The summed E-state index contributed by atoms with van der Waals surface area (Å²) in [5.74, 6) is -1.64. The summed E-state index contributed by atoms with van der Waals surface area (Å²) in [5.41, 5.74) is 10.00. The second-order valence-electron chi connectivity index (χ2n) is 19.8. The number of carbonyl (C=O) groups excluding carboxylic acids is 4. The van der Waals surface area contributed by atoms with Gasteiger partial charge >= 0.3 is 5.97 Å². The maximum Gasteiger partial charge on any atom is 0.306 e. The Bertz CT molecular complexity index is 3110. The summed E-state index contributed by atoms with van der Waals surface area (Å²) in [6.07, 6.45) is -0.646. The van der Waals surface area contributed by atoms with Gasteiger partial charge in [0.15, 0.2) is 5.82 Å². The average molecular weight is 996 g/mol. The summed E-state index contributed by atoms with van der Waals surface area (Å²) in [7, 11) is 0. The van der Waals surface area contributed by atoms with Gasteiger partial charge in [0.1, 0.15) is 29.0 Å². The molecule has 6 aromatic rings. The number of fused-ring (bicyclic) bond motifs is 4. The molecule has 3 aromatic carbocycles. The lowest BCUT2D eigenvalue weighted by molar-refractivity contribution is -0.144. The summed E-state index contributed by atoms with van der Waals surface area (Å²) in [4.78, 5) is 83.4. The molecule has 4 amide bonds. The summed E-state index contributed by atoms with van der Waals surface area (Å²) in [5, 5.41) is 36.2. The van der Waals surface area contributed by atoms with Crippen LogP contribution in [0.3, 0.4) is 0 Å². The third-order valence-electron chi connectivity index (χ3n) is 13.8. The van der Waals surface area contributed by atoms with E-state index in [4.69, 9.17) is 4.99 Å². The standard InChI is InChI=1S/C53H57N9O7S2/c1-27-30(4)71-52-43(27)45(56-39(23-42(65)66)48-59-58-31(5)62(48)52)35-16-14-33(15-17-35)38-11-9-10-34-20-21-60(50(68)44(34)38)25-41(64)57-47(53(6,7)8)51(69)61-24-37(63)22-40(61)49(67)55-28(2)32-12-18-36(19-13-32)46-29(3)54-26-70-46/h9-19,26,28,37,39-40,47,63H,20-25H2,1-8H3,(H,55,67)(H,57,64)(H,65,66)/t28-,37+,39-,40-,47+/m0/s1. The summed E-state index contributed by atoms with van der Waals surface area (Å²) in [6, 6.07) is 18.1. The first kappa shape index (κ1) is 49.1.